The summed E-state index contributed by atoms with van der Waals surface area (Å²) in [5.41, 5.74) is 6.89. The number of rotatable bonds is 6. The molecule has 1 N–H and O–H groups in total. The Morgan fingerprint density at radius 1 is 0.900 bits per heavy atom. The van der Waals surface area contributed by atoms with Crippen LogP contribution >= 0.6 is 11.8 Å². The lowest BCUT2D eigenvalue weighted by molar-refractivity contribution is -0.113. The van der Waals surface area contributed by atoms with Gasteiger partial charge in [-0.2, -0.15) is 0 Å². The summed E-state index contributed by atoms with van der Waals surface area (Å²) in [6, 6.07) is 23.1. The first kappa shape index (κ1) is 20.3. The van der Waals surface area contributed by atoms with Gasteiger partial charge in [-0.3, -0.25) is 4.79 Å². The zero-order valence-electron chi connectivity index (χ0n) is 17.6. The molecule has 0 spiro atoms. The highest BCUT2D eigenvalue weighted by molar-refractivity contribution is 8.00. The molecule has 4 heteroatoms. The van der Waals surface area contributed by atoms with Crippen molar-refractivity contribution >= 4 is 34.3 Å². The molecule has 0 unspecified atom stereocenters. The second-order valence-electron chi connectivity index (χ2n) is 7.84. The quantitative estimate of drug-likeness (QED) is 0.373. The van der Waals surface area contributed by atoms with Crippen molar-refractivity contribution in [1.29, 1.82) is 0 Å². The maximum Gasteiger partial charge on any atom is 0.234 e. The van der Waals surface area contributed by atoms with Crippen molar-refractivity contribution < 1.29 is 4.79 Å². The maximum atomic E-state index is 12.5. The number of nitrogens with one attached hydrogen (secondary N) is 1. The Morgan fingerprint density at radius 2 is 1.60 bits per heavy atom. The summed E-state index contributed by atoms with van der Waals surface area (Å²) in [6.45, 7) is 7.00. The van der Waals surface area contributed by atoms with Gasteiger partial charge in [0.1, 0.15) is 0 Å². The minimum Gasteiger partial charge on any atom is -0.342 e. The van der Waals surface area contributed by atoms with Crippen molar-refractivity contribution in [1.82, 2.24) is 4.57 Å². The van der Waals surface area contributed by atoms with Crippen molar-refractivity contribution in [3.05, 3.63) is 95.2 Å². The number of carbonyl (C=O) groups excluding carboxylic acids is 1. The Labute approximate surface area is 182 Å². The number of amides is 1. The highest BCUT2D eigenvalue weighted by Gasteiger charge is 2.11. The van der Waals surface area contributed by atoms with Gasteiger partial charge in [0.05, 0.1) is 5.75 Å². The first-order valence-electron chi connectivity index (χ1n) is 10.1. The summed E-state index contributed by atoms with van der Waals surface area (Å²) in [4.78, 5) is 13.7. The van der Waals surface area contributed by atoms with Crippen LogP contribution < -0.4 is 5.32 Å². The van der Waals surface area contributed by atoms with Crippen LogP contribution in [0, 0.1) is 20.8 Å². The highest BCUT2D eigenvalue weighted by Crippen LogP contribution is 2.30. The Kier molecular flexibility index (Phi) is 5.96. The second kappa shape index (κ2) is 8.80. The molecular weight excluding hydrogens is 388 g/mol. The molecule has 0 aliphatic heterocycles. The molecule has 3 aromatic carbocycles. The third kappa shape index (κ3) is 4.77. The van der Waals surface area contributed by atoms with Crippen LogP contribution in [0.3, 0.4) is 0 Å². The molecule has 0 aliphatic rings. The van der Waals surface area contributed by atoms with E-state index >= 15 is 0 Å². The van der Waals surface area contributed by atoms with Gasteiger partial charge in [0.15, 0.2) is 0 Å². The van der Waals surface area contributed by atoms with E-state index in [0.717, 1.165) is 28.3 Å². The fourth-order valence-corrected chi connectivity index (χ4v) is 4.62. The van der Waals surface area contributed by atoms with Gasteiger partial charge in [0.25, 0.3) is 0 Å². The van der Waals surface area contributed by atoms with E-state index in [0.29, 0.717) is 5.75 Å². The molecule has 1 aromatic heterocycles. The van der Waals surface area contributed by atoms with Crippen molar-refractivity contribution in [3.8, 4) is 0 Å². The van der Waals surface area contributed by atoms with E-state index < -0.39 is 0 Å². The number of carbonyl (C=O) groups is 1. The lowest BCUT2D eigenvalue weighted by atomic mass is 10.1. The van der Waals surface area contributed by atoms with Crippen LogP contribution in [-0.2, 0) is 11.3 Å². The monoisotopic (exact) mass is 414 g/mol. The number of anilines is 1. The lowest BCUT2D eigenvalue weighted by Gasteiger charge is -2.07. The van der Waals surface area contributed by atoms with Crippen LogP contribution in [0.4, 0.5) is 5.69 Å². The van der Waals surface area contributed by atoms with Gasteiger partial charge in [0.2, 0.25) is 5.91 Å². The summed E-state index contributed by atoms with van der Waals surface area (Å²) in [6.07, 6.45) is 2.17. The topological polar surface area (TPSA) is 34.0 Å². The predicted molar refractivity (Wildman–Crippen MR) is 127 cm³/mol. The summed E-state index contributed by atoms with van der Waals surface area (Å²) in [5, 5.41) is 4.22. The smallest absolute Gasteiger partial charge is 0.234 e. The van der Waals surface area contributed by atoms with Crippen LogP contribution in [0.5, 0.6) is 0 Å². The number of benzene rings is 3. The van der Waals surface area contributed by atoms with Crippen LogP contribution in [-0.4, -0.2) is 16.2 Å². The number of aromatic nitrogens is 1. The summed E-state index contributed by atoms with van der Waals surface area (Å²) in [5.74, 6) is 0.395. The predicted octanol–water partition coefficient (Wildman–Crippen LogP) is 6.35. The van der Waals surface area contributed by atoms with E-state index in [2.05, 4.69) is 77.6 Å². The first-order valence-corrected chi connectivity index (χ1v) is 11.1. The maximum absolute atomic E-state index is 12.5. The number of para-hydroxylation sites is 1. The van der Waals surface area contributed by atoms with Crippen molar-refractivity contribution in [2.75, 3.05) is 11.1 Å². The van der Waals surface area contributed by atoms with Gasteiger partial charge in [-0.15, -0.1) is 11.8 Å². The largest absolute Gasteiger partial charge is 0.342 e. The normalized spacial score (nSPS) is 11.0. The fraction of sp³-hybridized carbons (Fsp3) is 0.192. The third-order valence-electron chi connectivity index (χ3n) is 5.09. The average Bonchev–Trinajstić information content (AvgIpc) is 3.05. The molecule has 30 heavy (non-hydrogen) atoms. The fourth-order valence-electron chi connectivity index (χ4n) is 3.74. The van der Waals surface area contributed by atoms with Gasteiger partial charge >= 0.3 is 0 Å². The van der Waals surface area contributed by atoms with Gasteiger partial charge in [0, 0.05) is 34.2 Å². The Hall–Kier alpha value is -2.98. The van der Waals surface area contributed by atoms with E-state index in [1.165, 1.54) is 22.0 Å². The minimum absolute atomic E-state index is 0.0142. The van der Waals surface area contributed by atoms with Crippen LogP contribution in [0.1, 0.15) is 22.3 Å². The van der Waals surface area contributed by atoms with Crippen molar-refractivity contribution in [3.63, 3.8) is 0 Å². The number of thioether (sulfide) groups is 1. The lowest BCUT2D eigenvalue weighted by Crippen LogP contribution is -2.14. The molecule has 0 atom stereocenters. The van der Waals surface area contributed by atoms with Gasteiger partial charge in [-0.25, -0.2) is 0 Å². The van der Waals surface area contributed by atoms with Crippen molar-refractivity contribution in [2.24, 2.45) is 0 Å². The Morgan fingerprint density at radius 3 is 2.33 bits per heavy atom. The zero-order chi connectivity index (χ0) is 21.1. The molecule has 152 valence electrons. The van der Waals surface area contributed by atoms with E-state index in [1.807, 2.05) is 26.0 Å². The van der Waals surface area contributed by atoms with Gasteiger partial charge < -0.3 is 9.88 Å². The highest BCUT2D eigenvalue weighted by atomic mass is 32.2. The molecule has 4 rings (SSSR count). The molecule has 0 radical (unpaired) electrons. The molecule has 3 nitrogen and oxygen atoms in total. The number of nitrogens with zero attached hydrogens (tertiary/aromatic N) is 1. The standard InChI is InChI=1S/C26H26N2OS/c1-18-8-10-21(11-9-18)15-28-16-25(23-6-4-5-7-24(23)28)30-17-26(29)27-22-13-19(2)12-20(3)14-22/h4-14,16H,15,17H2,1-3H3,(H,27,29). The van der Waals surface area contributed by atoms with Crippen LogP contribution in [0.25, 0.3) is 10.9 Å². The molecular formula is C26H26N2OS. The second-order valence-corrected chi connectivity index (χ2v) is 8.85. The third-order valence-corrected chi connectivity index (χ3v) is 6.13. The van der Waals surface area contributed by atoms with Crippen molar-refractivity contribution in [2.45, 2.75) is 32.2 Å². The molecule has 1 amide bonds. The van der Waals surface area contributed by atoms with E-state index in [9.17, 15) is 4.79 Å². The van der Waals surface area contributed by atoms with Gasteiger partial charge in [-0.05, 0) is 55.7 Å². The Bertz CT molecular complexity index is 1170. The number of hydrogen-bond acceptors (Lipinski definition) is 2. The van der Waals surface area contributed by atoms with E-state index in [4.69, 9.17) is 0 Å². The summed E-state index contributed by atoms with van der Waals surface area (Å²) >= 11 is 1.59. The Balaban J connectivity index is 1.50. The molecule has 0 saturated carbocycles. The number of fused-ring (bicyclic) bond motifs is 1. The molecule has 0 bridgehead atoms. The van der Waals surface area contributed by atoms with E-state index in [1.54, 1.807) is 11.8 Å². The molecule has 4 aromatic rings. The minimum atomic E-state index is 0.0142. The molecule has 1 heterocycles. The molecule has 0 saturated heterocycles. The van der Waals surface area contributed by atoms with Crippen LogP contribution in [0.15, 0.2) is 77.8 Å². The first-order chi connectivity index (χ1) is 14.5. The summed E-state index contributed by atoms with van der Waals surface area (Å²) < 4.78 is 2.27. The number of hydrogen-bond donors (Lipinski definition) is 1. The zero-order valence-corrected chi connectivity index (χ0v) is 18.4. The van der Waals surface area contributed by atoms with E-state index in [-0.39, 0.29) is 5.91 Å². The average molecular weight is 415 g/mol. The summed E-state index contributed by atoms with van der Waals surface area (Å²) in [7, 11) is 0. The molecule has 0 aliphatic carbocycles. The van der Waals surface area contributed by atoms with Gasteiger partial charge in [-0.1, -0.05) is 54.1 Å². The van der Waals surface area contributed by atoms with Crippen LogP contribution in [0.2, 0.25) is 0 Å². The molecule has 0 fully saturated rings. The SMILES string of the molecule is Cc1ccc(Cn2cc(SCC(=O)Nc3cc(C)cc(C)c3)c3ccccc32)cc1. The number of aryl methyl sites for hydroxylation is 3.